The maximum Gasteiger partial charge on any atom is 0.123 e. The van der Waals surface area contributed by atoms with Crippen molar-refractivity contribution in [1.82, 2.24) is 14.7 Å². The number of hydrogen-bond donors (Lipinski definition) is 1. The van der Waals surface area contributed by atoms with E-state index in [1.54, 1.807) is 12.1 Å². The van der Waals surface area contributed by atoms with Gasteiger partial charge in [0.25, 0.3) is 0 Å². The number of likely N-dealkylation sites (tertiary alicyclic amines) is 1. The maximum absolute atomic E-state index is 13.1. The predicted molar refractivity (Wildman–Crippen MR) is 81.4 cm³/mol. The molecule has 0 amide bonds. The molecule has 1 atom stereocenters. The Bertz CT molecular complexity index is 680. The molecule has 22 heavy (non-hydrogen) atoms. The highest BCUT2D eigenvalue weighted by molar-refractivity contribution is 5.40. The van der Waals surface area contributed by atoms with Crippen molar-refractivity contribution in [1.29, 1.82) is 0 Å². The Balaban J connectivity index is 1.66. The van der Waals surface area contributed by atoms with Gasteiger partial charge in [-0.3, -0.25) is 4.90 Å². The minimum atomic E-state index is -0.223. The van der Waals surface area contributed by atoms with E-state index in [4.69, 9.17) is 5.10 Å². The Morgan fingerprint density at radius 3 is 2.77 bits per heavy atom. The molecule has 1 fully saturated rings. The molecule has 4 rings (SSSR count). The van der Waals surface area contributed by atoms with E-state index in [1.165, 1.54) is 23.4 Å². The van der Waals surface area contributed by atoms with E-state index in [0.29, 0.717) is 0 Å². The average molecular weight is 301 g/mol. The maximum atomic E-state index is 13.1. The molecule has 1 aliphatic carbocycles. The molecule has 1 aliphatic heterocycles. The normalized spacial score (nSPS) is 21.5. The minimum Gasteiger partial charge on any atom is -0.392 e. The summed E-state index contributed by atoms with van der Waals surface area (Å²) >= 11 is 0. The van der Waals surface area contributed by atoms with Crippen molar-refractivity contribution in [2.24, 2.45) is 0 Å². The largest absolute Gasteiger partial charge is 0.392 e. The van der Waals surface area contributed by atoms with Crippen molar-refractivity contribution in [2.75, 3.05) is 13.1 Å². The lowest BCUT2D eigenvalue weighted by Crippen LogP contribution is -2.22. The van der Waals surface area contributed by atoms with Crippen molar-refractivity contribution in [3.8, 4) is 5.69 Å². The second-order valence-electron chi connectivity index (χ2n) is 6.29. The van der Waals surface area contributed by atoms with Crippen LogP contribution >= 0.6 is 0 Å². The van der Waals surface area contributed by atoms with Crippen LogP contribution in [-0.4, -0.2) is 39.0 Å². The molecule has 2 heterocycles. The van der Waals surface area contributed by atoms with E-state index in [2.05, 4.69) is 4.90 Å². The fraction of sp³-hybridized carbons (Fsp3) is 0.471. The lowest BCUT2D eigenvalue weighted by molar-refractivity contribution is 0.174. The lowest BCUT2D eigenvalue weighted by Gasteiger charge is -2.13. The molecular formula is C17H20FN3O. The first kappa shape index (κ1) is 13.9. The molecule has 4 nitrogen and oxygen atoms in total. The number of rotatable bonds is 3. The average Bonchev–Trinajstić information content (AvgIpc) is 3.19. The topological polar surface area (TPSA) is 41.3 Å². The van der Waals surface area contributed by atoms with Crippen LogP contribution in [0.15, 0.2) is 24.3 Å². The summed E-state index contributed by atoms with van der Waals surface area (Å²) in [6.07, 6.45) is 3.90. The van der Waals surface area contributed by atoms with Crippen LogP contribution in [0.4, 0.5) is 4.39 Å². The van der Waals surface area contributed by atoms with Crippen molar-refractivity contribution >= 4 is 0 Å². The summed E-state index contributed by atoms with van der Waals surface area (Å²) in [4.78, 5) is 2.26. The molecule has 2 aromatic rings. The van der Waals surface area contributed by atoms with E-state index in [9.17, 15) is 9.50 Å². The molecule has 1 saturated heterocycles. The summed E-state index contributed by atoms with van der Waals surface area (Å²) in [7, 11) is 0. The molecule has 2 aliphatic rings. The standard InChI is InChI=1S/C17H20FN3O/c18-12-4-6-13(7-5-12)21-17-3-1-2-15(17)16(19-21)11-20-9-8-14(22)10-20/h4-7,14,22H,1-3,8-11H2/t14-/m1/s1. The zero-order chi connectivity index (χ0) is 15.1. The van der Waals surface area contributed by atoms with Crippen molar-refractivity contribution < 1.29 is 9.50 Å². The summed E-state index contributed by atoms with van der Waals surface area (Å²) in [5.74, 6) is -0.223. The molecule has 1 aromatic heterocycles. The highest BCUT2D eigenvalue weighted by atomic mass is 19.1. The molecule has 0 saturated carbocycles. The monoisotopic (exact) mass is 301 g/mol. The quantitative estimate of drug-likeness (QED) is 0.943. The Labute approximate surface area is 129 Å². The highest BCUT2D eigenvalue weighted by Gasteiger charge is 2.26. The van der Waals surface area contributed by atoms with E-state index in [1.807, 2.05) is 4.68 Å². The van der Waals surface area contributed by atoms with Crippen molar-refractivity contribution in [3.05, 3.63) is 47.0 Å². The number of aromatic nitrogens is 2. The van der Waals surface area contributed by atoms with Crippen LogP contribution in [0.5, 0.6) is 0 Å². The number of nitrogens with zero attached hydrogens (tertiary/aromatic N) is 3. The van der Waals surface area contributed by atoms with Gasteiger partial charge in [-0.05, 0) is 55.5 Å². The third-order valence-electron chi connectivity index (χ3n) is 4.71. The van der Waals surface area contributed by atoms with Crippen LogP contribution in [0.1, 0.15) is 29.8 Å². The van der Waals surface area contributed by atoms with Gasteiger partial charge >= 0.3 is 0 Å². The van der Waals surface area contributed by atoms with Crippen LogP contribution in [-0.2, 0) is 19.4 Å². The van der Waals surface area contributed by atoms with Gasteiger partial charge in [0.2, 0.25) is 0 Å². The van der Waals surface area contributed by atoms with Crippen LogP contribution in [0.3, 0.4) is 0 Å². The van der Waals surface area contributed by atoms with Gasteiger partial charge in [0, 0.05) is 25.3 Å². The zero-order valence-electron chi connectivity index (χ0n) is 12.5. The lowest BCUT2D eigenvalue weighted by atomic mass is 10.2. The van der Waals surface area contributed by atoms with Gasteiger partial charge in [0.1, 0.15) is 5.82 Å². The van der Waals surface area contributed by atoms with Gasteiger partial charge in [-0.15, -0.1) is 0 Å². The van der Waals surface area contributed by atoms with Gasteiger partial charge in [-0.2, -0.15) is 5.10 Å². The van der Waals surface area contributed by atoms with Crippen LogP contribution in [0, 0.1) is 5.82 Å². The van der Waals surface area contributed by atoms with E-state index in [-0.39, 0.29) is 11.9 Å². The van der Waals surface area contributed by atoms with E-state index in [0.717, 1.165) is 56.7 Å². The number of halogens is 1. The molecule has 0 bridgehead atoms. The first-order chi connectivity index (χ1) is 10.7. The van der Waals surface area contributed by atoms with Crippen LogP contribution < -0.4 is 0 Å². The molecule has 0 spiro atoms. The number of hydrogen-bond acceptors (Lipinski definition) is 3. The summed E-state index contributed by atoms with van der Waals surface area (Å²) < 4.78 is 15.1. The molecule has 116 valence electrons. The second kappa shape index (κ2) is 5.48. The number of fused-ring (bicyclic) bond motifs is 1. The summed E-state index contributed by atoms with van der Waals surface area (Å²) in [6, 6.07) is 6.53. The molecule has 0 unspecified atom stereocenters. The van der Waals surface area contributed by atoms with Gasteiger partial charge in [0.05, 0.1) is 17.5 Å². The number of aliphatic hydroxyl groups excluding tert-OH is 1. The Morgan fingerprint density at radius 2 is 2.05 bits per heavy atom. The second-order valence-corrected chi connectivity index (χ2v) is 6.29. The third-order valence-corrected chi connectivity index (χ3v) is 4.71. The number of aliphatic hydroxyl groups is 1. The fourth-order valence-corrected chi connectivity index (χ4v) is 3.60. The van der Waals surface area contributed by atoms with Gasteiger partial charge in [-0.1, -0.05) is 0 Å². The first-order valence-corrected chi connectivity index (χ1v) is 7.97. The SMILES string of the molecule is O[C@@H]1CCN(Cc2nn(-c3ccc(F)cc3)c3c2CCC3)C1. The Morgan fingerprint density at radius 1 is 1.23 bits per heavy atom. The van der Waals surface area contributed by atoms with E-state index >= 15 is 0 Å². The van der Waals surface area contributed by atoms with Crippen molar-refractivity contribution in [2.45, 2.75) is 38.3 Å². The third kappa shape index (κ3) is 2.44. The number of benzene rings is 1. The highest BCUT2D eigenvalue weighted by Crippen LogP contribution is 2.29. The summed E-state index contributed by atoms with van der Waals surface area (Å²) in [5.41, 5.74) is 4.66. The minimum absolute atomic E-state index is 0.202. The van der Waals surface area contributed by atoms with Gasteiger partial charge in [0.15, 0.2) is 0 Å². The first-order valence-electron chi connectivity index (χ1n) is 7.97. The van der Waals surface area contributed by atoms with E-state index < -0.39 is 0 Å². The zero-order valence-corrected chi connectivity index (χ0v) is 12.5. The molecule has 5 heteroatoms. The molecule has 1 N–H and O–H groups in total. The van der Waals surface area contributed by atoms with Gasteiger partial charge < -0.3 is 5.11 Å². The van der Waals surface area contributed by atoms with Gasteiger partial charge in [-0.25, -0.2) is 9.07 Å². The van der Waals surface area contributed by atoms with Crippen LogP contribution in [0.25, 0.3) is 5.69 Å². The smallest absolute Gasteiger partial charge is 0.123 e. The molecule has 0 radical (unpaired) electrons. The predicted octanol–water partition coefficient (Wildman–Crippen LogP) is 2.07. The Hall–Kier alpha value is -1.72. The summed E-state index contributed by atoms with van der Waals surface area (Å²) in [5, 5.41) is 14.5. The Kier molecular flexibility index (Phi) is 3.47. The number of β-amino-alcohol motifs (C(OH)–C–C–N with tert-alkyl or cyclic N) is 1. The summed E-state index contributed by atoms with van der Waals surface area (Å²) in [6.45, 7) is 2.46. The molecule has 1 aromatic carbocycles. The van der Waals surface area contributed by atoms with Crippen LogP contribution in [0.2, 0.25) is 0 Å². The van der Waals surface area contributed by atoms with Crippen molar-refractivity contribution in [3.63, 3.8) is 0 Å². The molecular weight excluding hydrogens is 281 g/mol. The fourth-order valence-electron chi connectivity index (χ4n) is 3.60.